The van der Waals surface area contributed by atoms with Crippen LogP contribution in [0.2, 0.25) is 0 Å². The lowest BCUT2D eigenvalue weighted by Gasteiger charge is -1.95. The van der Waals surface area contributed by atoms with Crippen LogP contribution >= 0.6 is 11.3 Å². The molecule has 2 rings (SSSR count). The molecule has 0 aliphatic carbocycles. The van der Waals surface area contributed by atoms with E-state index in [0.717, 1.165) is 16.0 Å². The lowest BCUT2D eigenvalue weighted by Crippen LogP contribution is -1.96. The Labute approximate surface area is 78.0 Å². The molecule has 0 bridgehead atoms. The summed E-state index contributed by atoms with van der Waals surface area (Å²) < 4.78 is 0.831. The zero-order chi connectivity index (χ0) is 9.42. The zero-order valence-corrected chi connectivity index (χ0v) is 7.77. The van der Waals surface area contributed by atoms with E-state index >= 15 is 0 Å². The van der Waals surface area contributed by atoms with E-state index in [-0.39, 0.29) is 10.7 Å². The molecule has 0 saturated carbocycles. The monoisotopic (exact) mass is 193 g/mol. The molecule has 0 aliphatic rings. The van der Waals surface area contributed by atoms with Crippen molar-refractivity contribution in [3.8, 4) is 0 Å². The standard InChI is InChI=1S/C9H7NO2S/c1-5(11)6-3-2-4-7-8(6)10-9(12)13-7/h2-4H,1H3,(H,10,12). The largest absolute Gasteiger partial charge is 0.312 e. The van der Waals surface area contributed by atoms with Crippen molar-refractivity contribution in [2.24, 2.45) is 0 Å². The third-order valence-corrected chi connectivity index (χ3v) is 2.68. The van der Waals surface area contributed by atoms with Gasteiger partial charge < -0.3 is 4.98 Å². The number of benzene rings is 1. The molecular formula is C9H7NO2S. The van der Waals surface area contributed by atoms with Crippen molar-refractivity contribution < 1.29 is 4.79 Å². The summed E-state index contributed by atoms with van der Waals surface area (Å²) in [6.45, 7) is 1.49. The Morgan fingerprint density at radius 1 is 1.46 bits per heavy atom. The minimum Gasteiger partial charge on any atom is -0.312 e. The van der Waals surface area contributed by atoms with Gasteiger partial charge in [0.25, 0.3) is 0 Å². The number of H-pyrrole nitrogens is 1. The highest BCUT2D eigenvalue weighted by Crippen LogP contribution is 2.18. The van der Waals surface area contributed by atoms with E-state index in [9.17, 15) is 9.59 Å². The molecule has 0 unspecified atom stereocenters. The molecule has 1 aromatic heterocycles. The quantitative estimate of drug-likeness (QED) is 0.702. The average molecular weight is 193 g/mol. The summed E-state index contributed by atoms with van der Waals surface area (Å²) in [6, 6.07) is 5.32. The molecule has 0 atom stereocenters. The second-order valence-electron chi connectivity index (χ2n) is 2.75. The number of carbonyl (C=O) groups is 1. The number of para-hydroxylation sites is 1. The van der Waals surface area contributed by atoms with Crippen LogP contribution in [0, 0.1) is 0 Å². The van der Waals surface area contributed by atoms with Crippen molar-refractivity contribution in [2.45, 2.75) is 6.92 Å². The van der Waals surface area contributed by atoms with Crippen LogP contribution in [-0.4, -0.2) is 10.8 Å². The van der Waals surface area contributed by atoms with Crippen LogP contribution in [0.5, 0.6) is 0 Å². The molecule has 3 nitrogen and oxygen atoms in total. The van der Waals surface area contributed by atoms with Gasteiger partial charge in [-0.3, -0.25) is 9.59 Å². The fourth-order valence-corrected chi connectivity index (χ4v) is 2.03. The first kappa shape index (κ1) is 8.19. The summed E-state index contributed by atoms with van der Waals surface area (Å²) in [4.78, 5) is 24.7. The molecule has 0 saturated heterocycles. The summed E-state index contributed by atoms with van der Waals surface area (Å²) >= 11 is 1.12. The van der Waals surface area contributed by atoms with Gasteiger partial charge in [-0.1, -0.05) is 17.4 Å². The molecule has 0 spiro atoms. The maximum absolute atomic E-state index is 11.2. The first-order chi connectivity index (χ1) is 6.18. The fourth-order valence-electron chi connectivity index (χ4n) is 1.27. The number of Topliss-reactive ketones (excluding diaryl/α,β-unsaturated/α-hetero) is 1. The predicted molar refractivity (Wildman–Crippen MR) is 52.5 cm³/mol. The highest BCUT2D eigenvalue weighted by Gasteiger charge is 2.07. The van der Waals surface area contributed by atoms with Crippen molar-refractivity contribution in [1.82, 2.24) is 4.98 Å². The highest BCUT2D eigenvalue weighted by molar-refractivity contribution is 7.16. The fraction of sp³-hybridized carbons (Fsp3) is 0.111. The van der Waals surface area contributed by atoms with Crippen LogP contribution in [0.25, 0.3) is 10.2 Å². The molecule has 13 heavy (non-hydrogen) atoms. The molecule has 4 heteroatoms. The Kier molecular flexibility index (Phi) is 1.77. The van der Waals surface area contributed by atoms with E-state index in [2.05, 4.69) is 4.98 Å². The van der Waals surface area contributed by atoms with E-state index in [0.29, 0.717) is 11.1 Å². The van der Waals surface area contributed by atoms with Crippen LogP contribution in [0.4, 0.5) is 0 Å². The summed E-state index contributed by atoms with van der Waals surface area (Å²) in [5.74, 6) is -0.0281. The Morgan fingerprint density at radius 3 is 2.92 bits per heavy atom. The average Bonchev–Trinajstić information content (AvgIpc) is 2.43. The van der Waals surface area contributed by atoms with Gasteiger partial charge in [0.1, 0.15) is 0 Å². The number of carbonyl (C=O) groups excluding carboxylic acids is 1. The molecule has 0 amide bonds. The van der Waals surface area contributed by atoms with Gasteiger partial charge in [-0.2, -0.15) is 0 Å². The topological polar surface area (TPSA) is 49.9 Å². The molecule has 1 aromatic carbocycles. The summed E-state index contributed by atoms with van der Waals surface area (Å²) in [5, 5.41) is 0. The highest BCUT2D eigenvalue weighted by atomic mass is 32.1. The van der Waals surface area contributed by atoms with Gasteiger partial charge in [-0.15, -0.1) is 0 Å². The van der Waals surface area contributed by atoms with Crippen molar-refractivity contribution in [2.75, 3.05) is 0 Å². The van der Waals surface area contributed by atoms with Gasteiger partial charge in [0.15, 0.2) is 5.78 Å². The van der Waals surface area contributed by atoms with E-state index in [4.69, 9.17) is 0 Å². The second kappa shape index (κ2) is 2.81. The number of fused-ring (bicyclic) bond motifs is 1. The summed E-state index contributed by atoms with van der Waals surface area (Å²) in [6.07, 6.45) is 0. The number of thiazole rings is 1. The number of nitrogens with one attached hydrogen (secondary N) is 1. The van der Waals surface area contributed by atoms with Crippen LogP contribution in [0.1, 0.15) is 17.3 Å². The number of rotatable bonds is 1. The van der Waals surface area contributed by atoms with Gasteiger partial charge in [0.05, 0.1) is 10.2 Å². The van der Waals surface area contributed by atoms with Gasteiger partial charge in [-0.25, -0.2) is 0 Å². The van der Waals surface area contributed by atoms with E-state index in [1.165, 1.54) is 6.92 Å². The lowest BCUT2D eigenvalue weighted by atomic mass is 10.1. The van der Waals surface area contributed by atoms with Crippen LogP contribution in [0.15, 0.2) is 23.0 Å². The third-order valence-electron chi connectivity index (χ3n) is 1.84. The van der Waals surface area contributed by atoms with Gasteiger partial charge >= 0.3 is 4.87 Å². The van der Waals surface area contributed by atoms with Crippen molar-refractivity contribution in [3.05, 3.63) is 33.4 Å². The lowest BCUT2D eigenvalue weighted by molar-refractivity contribution is 0.101. The first-order valence-corrected chi connectivity index (χ1v) is 4.63. The Hall–Kier alpha value is -1.42. The normalized spacial score (nSPS) is 10.5. The first-order valence-electron chi connectivity index (χ1n) is 3.81. The summed E-state index contributed by atoms with van der Waals surface area (Å²) in [7, 11) is 0. The van der Waals surface area contributed by atoms with Crippen molar-refractivity contribution >= 4 is 27.3 Å². The number of ketones is 1. The van der Waals surface area contributed by atoms with Crippen LogP contribution < -0.4 is 4.87 Å². The minimum atomic E-state index is -0.122. The molecule has 0 radical (unpaired) electrons. The number of aromatic amines is 1. The Morgan fingerprint density at radius 2 is 2.23 bits per heavy atom. The molecule has 1 heterocycles. The molecular weight excluding hydrogens is 186 g/mol. The van der Waals surface area contributed by atoms with Crippen LogP contribution in [0.3, 0.4) is 0 Å². The summed E-state index contributed by atoms with van der Waals surface area (Å²) in [5.41, 5.74) is 1.24. The van der Waals surface area contributed by atoms with Crippen LogP contribution in [-0.2, 0) is 0 Å². The minimum absolute atomic E-state index is 0.0281. The van der Waals surface area contributed by atoms with E-state index in [1.54, 1.807) is 12.1 Å². The van der Waals surface area contributed by atoms with Gasteiger partial charge in [-0.05, 0) is 19.1 Å². The predicted octanol–water partition coefficient (Wildman–Crippen LogP) is 1.79. The van der Waals surface area contributed by atoms with Gasteiger partial charge in [0.2, 0.25) is 0 Å². The molecule has 0 aliphatic heterocycles. The molecule has 66 valence electrons. The molecule has 0 fully saturated rings. The Bertz CT molecular complexity index is 524. The smallest absolute Gasteiger partial charge is 0.305 e. The SMILES string of the molecule is CC(=O)c1cccc2sc(=O)[nH]c12. The Balaban J connectivity index is 2.90. The number of hydrogen-bond donors (Lipinski definition) is 1. The van der Waals surface area contributed by atoms with E-state index in [1.807, 2.05) is 6.07 Å². The zero-order valence-electron chi connectivity index (χ0n) is 6.96. The number of hydrogen-bond acceptors (Lipinski definition) is 3. The number of aromatic nitrogens is 1. The van der Waals surface area contributed by atoms with Gasteiger partial charge in [0, 0.05) is 5.56 Å². The van der Waals surface area contributed by atoms with E-state index < -0.39 is 0 Å². The second-order valence-corrected chi connectivity index (χ2v) is 3.76. The van der Waals surface area contributed by atoms with Crippen molar-refractivity contribution in [3.63, 3.8) is 0 Å². The molecule has 1 N–H and O–H groups in total. The third kappa shape index (κ3) is 1.29. The molecule has 2 aromatic rings. The van der Waals surface area contributed by atoms with Crippen molar-refractivity contribution in [1.29, 1.82) is 0 Å². The maximum atomic E-state index is 11.2. The maximum Gasteiger partial charge on any atom is 0.305 e.